The summed E-state index contributed by atoms with van der Waals surface area (Å²) >= 11 is 7.93. The number of rotatable bonds is 4. The molecule has 3 rings (SSSR count). The van der Waals surface area contributed by atoms with Crippen molar-refractivity contribution in [3.05, 3.63) is 64.7 Å². The molecule has 0 radical (unpaired) electrons. The molecule has 3 nitrogen and oxygen atoms in total. The summed E-state index contributed by atoms with van der Waals surface area (Å²) in [7, 11) is 0. The Morgan fingerprint density at radius 2 is 2.09 bits per heavy atom. The first-order chi connectivity index (χ1) is 11.2. The van der Waals surface area contributed by atoms with E-state index in [0.717, 1.165) is 23.3 Å². The summed E-state index contributed by atoms with van der Waals surface area (Å²) in [6.45, 7) is 0.291. The number of carbonyl (C=O) groups is 1. The van der Waals surface area contributed by atoms with Gasteiger partial charge in [-0.3, -0.25) is 4.79 Å². The zero-order valence-electron chi connectivity index (χ0n) is 12.7. The van der Waals surface area contributed by atoms with Crippen LogP contribution < -0.4 is 11.1 Å². The van der Waals surface area contributed by atoms with Crippen LogP contribution in [-0.4, -0.2) is 18.2 Å². The predicted molar refractivity (Wildman–Crippen MR) is 95.9 cm³/mol. The topological polar surface area (TPSA) is 55.1 Å². The molecule has 2 aromatic rings. The Morgan fingerprint density at radius 1 is 1.30 bits per heavy atom. The minimum absolute atomic E-state index is 0.00443. The van der Waals surface area contributed by atoms with E-state index in [0.29, 0.717) is 11.6 Å². The maximum absolute atomic E-state index is 12.7. The molecule has 0 aliphatic carbocycles. The number of nitrogens with one attached hydrogen (secondary N) is 1. The van der Waals surface area contributed by atoms with Crippen LogP contribution in [-0.2, 0) is 4.79 Å². The number of hydrogen-bond donors (Lipinski definition) is 2. The fourth-order valence-corrected chi connectivity index (χ4v) is 4.15. The standard InChI is InChI=1S/C18H19ClN2OS/c19-13-6-7-17-14(10-13)16(8-9-23-17)21-18(22)15(11-20)12-4-2-1-3-5-12/h1-7,10,15-16H,8-9,11,20H2,(H,21,22). The highest BCUT2D eigenvalue weighted by Crippen LogP contribution is 2.37. The zero-order chi connectivity index (χ0) is 16.2. The molecule has 2 aromatic carbocycles. The van der Waals surface area contributed by atoms with Gasteiger partial charge in [0.25, 0.3) is 0 Å². The summed E-state index contributed by atoms with van der Waals surface area (Å²) in [6.07, 6.45) is 0.899. The van der Waals surface area contributed by atoms with E-state index >= 15 is 0 Å². The van der Waals surface area contributed by atoms with E-state index in [4.69, 9.17) is 17.3 Å². The number of halogens is 1. The van der Waals surface area contributed by atoms with Crippen molar-refractivity contribution < 1.29 is 4.79 Å². The summed E-state index contributed by atoms with van der Waals surface area (Å²) in [5.41, 5.74) is 7.89. The molecule has 1 heterocycles. The molecule has 5 heteroatoms. The van der Waals surface area contributed by atoms with Gasteiger partial charge in [0.05, 0.1) is 12.0 Å². The highest BCUT2D eigenvalue weighted by molar-refractivity contribution is 7.99. The van der Waals surface area contributed by atoms with Crippen LogP contribution in [0.3, 0.4) is 0 Å². The quantitative estimate of drug-likeness (QED) is 0.886. The Bertz CT molecular complexity index is 693. The minimum atomic E-state index is -0.326. The summed E-state index contributed by atoms with van der Waals surface area (Å²) < 4.78 is 0. The highest BCUT2D eigenvalue weighted by Gasteiger charge is 2.26. The molecule has 0 bridgehead atoms. The predicted octanol–water partition coefficient (Wildman–Crippen LogP) is 3.74. The van der Waals surface area contributed by atoms with Gasteiger partial charge in [-0.25, -0.2) is 0 Å². The number of hydrogen-bond acceptors (Lipinski definition) is 3. The summed E-state index contributed by atoms with van der Waals surface area (Å²) in [5, 5.41) is 3.86. The fourth-order valence-electron chi connectivity index (χ4n) is 2.87. The maximum Gasteiger partial charge on any atom is 0.229 e. The van der Waals surface area contributed by atoms with Crippen molar-refractivity contribution in [2.75, 3.05) is 12.3 Å². The van der Waals surface area contributed by atoms with Crippen LogP contribution in [0, 0.1) is 0 Å². The van der Waals surface area contributed by atoms with Crippen molar-refractivity contribution in [1.82, 2.24) is 5.32 Å². The van der Waals surface area contributed by atoms with Gasteiger partial charge in [-0.2, -0.15) is 0 Å². The van der Waals surface area contributed by atoms with Crippen LogP contribution >= 0.6 is 23.4 Å². The van der Waals surface area contributed by atoms with Crippen LogP contribution in [0.15, 0.2) is 53.4 Å². The molecule has 0 saturated heterocycles. The number of fused-ring (bicyclic) bond motifs is 1. The second-order valence-electron chi connectivity index (χ2n) is 5.58. The molecular formula is C18H19ClN2OS. The Balaban J connectivity index is 1.80. The van der Waals surface area contributed by atoms with Gasteiger partial charge in [0.15, 0.2) is 0 Å². The molecule has 23 heavy (non-hydrogen) atoms. The third-order valence-corrected chi connectivity index (χ3v) is 5.44. The van der Waals surface area contributed by atoms with Gasteiger partial charge in [-0.1, -0.05) is 41.9 Å². The maximum atomic E-state index is 12.7. The van der Waals surface area contributed by atoms with E-state index in [1.807, 2.05) is 48.5 Å². The molecule has 0 fully saturated rings. The number of nitrogens with two attached hydrogens (primary N) is 1. The second kappa shape index (κ2) is 7.39. The summed E-state index contributed by atoms with van der Waals surface area (Å²) in [5.74, 6) is 0.632. The van der Waals surface area contributed by atoms with Gasteiger partial charge in [-0.15, -0.1) is 11.8 Å². The molecule has 1 amide bonds. The molecule has 0 aromatic heterocycles. The van der Waals surface area contributed by atoms with Crippen LogP contribution in [0.1, 0.15) is 29.5 Å². The van der Waals surface area contributed by atoms with Gasteiger partial charge in [0.2, 0.25) is 5.91 Å². The molecular weight excluding hydrogens is 328 g/mol. The van der Waals surface area contributed by atoms with Gasteiger partial charge in [0.1, 0.15) is 0 Å². The zero-order valence-corrected chi connectivity index (χ0v) is 14.2. The lowest BCUT2D eigenvalue weighted by Crippen LogP contribution is -2.37. The third kappa shape index (κ3) is 3.71. The minimum Gasteiger partial charge on any atom is -0.349 e. The first-order valence-electron chi connectivity index (χ1n) is 7.66. The fraction of sp³-hybridized carbons (Fsp3) is 0.278. The van der Waals surface area contributed by atoms with Gasteiger partial charge >= 0.3 is 0 Å². The monoisotopic (exact) mass is 346 g/mol. The first-order valence-corrected chi connectivity index (χ1v) is 9.03. The van der Waals surface area contributed by atoms with E-state index < -0.39 is 0 Å². The van der Waals surface area contributed by atoms with Crippen molar-refractivity contribution in [3.8, 4) is 0 Å². The number of benzene rings is 2. The van der Waals surface area contributed by atoms with E-state index in [9.17, 15) is 4.79 Å². The van der Waals surface area contributed by atoms with Gasteiger partial charge in [0, 0.05) is 22.2 Å². The van der Waals surface area contributed by atoms with Crippen molar-refractivity contribution in [2.45, 2.75) is 23.3 Å². The van der Waals surface area contributed by atoms with Gasteiger partial charge < -0.3 is 11.1 Å². The normalized spacial score (nSPS) is 18.1. The van der Waals surface area contributed by atoms with Crippen LogP contribution in [0.2, 0.25) is 5.02 Å². The summed E-state index contributed by atoms with van der Waals surface area (Å²) in [4.78, 5) is 13.9. The van der Waals surface area contributed by atoms with Crippen molar-refractivity contribution in [3.63, 3.8) is 0 Å². The number of amides is 1. The molecule has 1 aliphatic heterocycles. The van der Waals surface area contributed by atoms with E-state index in [1.165, 1.54) is 4.90 Å². The van der Waals surface area contributed by atoms with E-state index in [1.54, 1.807) is 11.8 Å². The Morgan fingerprint density at radius 3 is 2.83 bits per heavy atom. The molecule has 3 N–H and O–H groups in total. The summed E-state index contributed by atoms with van der Waals surface area (Å²) in [6, 6.07) is 15.5. The average Bonchev–Trinajstić information content (AvgIpc) is 2.57. The van der Waals surface area contributed by atoms with Crippen LogP contribution in [0.25, 0.3) is 0 Å². The lowest BCUT2D eigenvalue weighted by molar-refractivity contribution is -0.123. The molecule has 1 aliphatic rings. The van der Waals surface area contributed by atoms with Crippen molar-refractivity contribution >= 4 is 29.3 Å². The SMILES string of the molecule is NCC(C(=O)NC1CCSc2ccc(Cl)cc21)c1ccccc1. The molecule has 120 valence electrons. The van der Waals surface area contributed by atoms with Crippen LogP contribution in [0.4, 0.5) is 0 Å². The Labute approximate surface area is 145 Å². The number of carbonyl (C=O) groups excluding carboxylic acids is 1. The Hall–Kier alpha value is -1.49. The molecule has 2 unspecified atom stereocenters. The highest BCUT2D eigenvalue weighted by atomic mass is 35.5. The van der Waals surface area contributed by atoms with Crippen LogP contribution in [0.5, 0.6) is 0 Å². The largest absolute Gasteiger partial charge is 0.349 e. The van der Waals surface area contributed by atoms with Crippen molar-refractivity contribution in [1.29, 1.82) is 0 Å². The number of thioether (sulfide) groups is 1. The smallest absolute Gasteiger partial charge is 0.229 e. The molecule has 2 atom stereocenters. The third-order valence-electron chi connectivity index (χ3n) is 4.08. The lowest BCUT2D eigenvalue weighted by atomic mass is 9.96. The van der Waals surface area contributed by atoms with E-state index in [-0.39, 0.29) is 17.9 Å². The average molecular weight is 347 g/mol. The molecule has 0 spiro atoms. The molecule has 0 saturated carbocycles. The van der Waals surface area contributed by atoms with Crippen molar-refractivity contribution in [2.24, 2.45) is 5.73 Å². The second-order valence-corrected chi connectivity index (χ2v) is 7.15. The van der Waals surface area contributed by atoms with Gasteiger partial charge in [-0.05, 0) is 35.7 Å². The first kappa shape index (κ1) is 16.4. The Kier molecular flexibility index (Phi) is 5.26. The lowest BCUT2D eigenvalue weighted by Gasteiger charge is -2.28. The van der Waals surface area contributed by atoms with E-state index in [2.05, 4.69) is 5.32 Å².